The second-order valence-corrected chi connectivity index (χ2v) is 7.33. The molecule has 128 valence electrons. The van der Waals surface area contributed by atoms with Crippen molar-refractivity contribution in [2.24, 2.45) is 5.92 Å². The van der Waals surface area contributed by atoms with E-state index < -0.39 is 0 Å². The van der Waals surface area contributed by atoms with E-state index >= 15 is 0 Å². The first kappa shape index (κ1) is 17.9. The van der Waals surface area contributed by atoms with Crippen molar-refractivity contribution in [1.82, 2.24) is 15.5 Å². The summed E-state index contributed by atoms with van der Waals surface area (Å²) < 4.78 is 0. The minimum atomic E-state index is -0.110. The van der Waals surface area contributed by atoms with E-state index in [9.17, 15) is 9.59 Å². The van der Waals surface area contributed by atoms with Crippen molar-refractivity contribution in [2.75, 3.05) is 26.2 Å². The maximum atomic E-state index is 12.0. The van der Waals surface area contributed by atoms with Gasteiger partial charge in [-0.25, -0.2) is 0 Å². The highest BCUT2D eigenvalue weighted by Gasteiger charge is 2.20. The molecule has 1 aromatic rings. The quantitative estimate of drug-likeness (QED) is 0.801. The Morgan fingerprint density at radius 2 is 2.09 bits per heavy atom. The van der Waals surface area contributed by atoms with Crippen LogP contribution >= 0.6 is 11.3 Å². The molecule has 0 aromatic carbocycles. The number of amides is 2. The fourth-order valence-electron chi connectivity index (χ4n) is 2.86. The summed E-state index contributed by atoms with van der Waals surface area (Å²) >= 11 is 1.49. The number of carbonyl (C=O) groups is 2. The highest BCUT2D eigenvalue weighted by molar-refractivity contribution is 7.08. The van der Waals surface area contributed by atoms with Crippen molar-refractivity contribution in [3.63, 3.8) is 0 Å². The number of nitrogens with zero attached hydrogens (tertiary/aromatic N) is 1. The third-order valence-electron chi connectivity index (χ3n) is 4.00. The lowest BCUT2D eigenvalue weighted by Gasteiger charge is -2.33. The van der Waals surface area contributed by atoms with Crippen LogP contribution in [-0.4, -0.2) is 48.9 Å². The van der Waals surface area contributed by atoms with Gasteiger partial charge in [0.25, 0.3) is 5.91 Å². The van der Waals surface area contributed by atoms with E-state index in [0.29, 0.717) is 24.4 Å². The molecule has 2 amide bonds. The molecule has 2 N–H and O–H groups in total. The highest BCUT2D eigenvalue weighted by Crippen LogP contribution is 2.12. The van der Waals surface area contributed by atoms with Crippen LogP contribution in [0, 0.1) is 5.92 Å². The zero-order valence-corrected chi connectivity index (χ0v) is 14.8. The van der Waals surface area contributed by atoms with Gasteiger partial charge in [0.1, 0.15) is 0 Å². The van der Waals surface area contributed by atoms with Crippen LogP contribution in [0.3, 0.4) is 0 Å². The van der Waals surface area contributed by atoms with Crippen molar-refractivity contribution in [3.05, 3.63) is 22.4 Å². The molecule has 2 rings (SSSR count). The Morgan fingerprint density at radius 1 is 1.35 bits per heavy atom. The van der Waals surface area contributed by atoms with Gasteiger partial charge in [-0.15, -0.1) is 0 Å². The Morgan fingerprint density at radius 3 is 2.70 bits per heavy atom. The molecule has 1 aliphatic heterocycles. The molecule has 1 aliphatic rings. The smallest absolute Gasteiger partial charge is 0.252 e. The van der Waals surface area contributed by atoms with Crippen LogP contribution in [0.25, 0.3) is 0 Å². The van der Waals surface area contributed by atoms with Gasteiger partial charge in [0.2, 0.25) is 5.91 Å². The van der Waals surface area contributed by atoms with Gasteiger partial charge in [-0.2, -0.15) is 11.3 Å². The van der Waals surface area contributed by atoms with Crippen LogP contribution in [0.4, 0.5) is 0 Å². The first-order chi connectivity index (χ1) is 11.0. The first-order valence-corrected chi connectivity index (χ1v) is 9.31. The number of hydrogen-bond donors (Lipinski definition) is 2. The van der Waals surface area contributed by atoms with E-state index in [0.717, 1.165) is 32.5 Å². The van der Waals surface area contributed by atoms with Crippen molar-refractivity contribution in [2.45, 2.75) is 39.2 Å². The fourth-order valence-corrected chi connectivity index (χ4v) is 3.50. The second kappa shape index (κ2) is 9.03. The Labute approximate surface area is 142 Å². The number of thiophene rings is 1. The molecule has 0 saturated carbocycles. The van der Waals surface area contributed by atoms with E-state index in [1.807, 2.05) is 5.38 Å². The van der Waals surface area contributed by atoms with Crippen molar-refractivity contribution in [1.29, 1.82) is 0 Å². The molecule has 5 nitrogen and oxygen atoms in total. The van der Waals surface area contributed by atoms with E-state index in [1.54, 1.807) is 11.4 Å². The number of piperidine rings is 1. The molecular formula is C17H27N3O2S. The Hall–Kier alpha value is -1.40. The van der Waals surface area contributed by atoms with Crippen LogP contribution in [0.1, 0.15) is 43.5 Å². The molecule has 2 heterocycles. The number of likely N-dealkylation sites (tertiary alicyclic amines) is 1. The third-order valence-corrected chi connectivity index (χ3v) is 4.68. The van der Waals surface area contributed by atoms with Gasteiger partial charge < -0.3 is 15.5 Å². The van der Waals surface area contributed by atoms with Crippen molar-refractivity contribution < 1.29 is 9.59 Å². The molecular weight excluding hydrogens is 310 g/mol. The van der Waals surface area contributed by atoms with E-state index in [4.69, 9.17) is 0 Å². The Bertz CT molecular complexity index is 494. The van der Waals surface area contributed by atoms with Crippen LogP contribution in [0.15, 0.2) is 16.8 Å². The molecule has 1 saturated heterocycles. The summed E-state index contributed by atoms with van der Waals surface area (Å²) in [5.74, 6) is 0.604. The summed E-state index contributed by atoms with van der Waals surface area (Å²) in [6, 6.07) is 2.06. The second-order valence-electron chi connectivity index (χ2n) is 6.55. The largest absolute Gasteiger partial charge is 0.353 e. The fraction of sp³-hybridized carbons (Fsp3) is 0.647. The van der Waals surface area contributed by atoms with Gasteiger partial charge in [-0.1, -0.05) is 13.8 Å². The molecule has 23 heavy (non-hydrogen) atoms. The number of carbonyl (C=O) groups excluding carboxylic acids is 2. The molecule has 0 unspecified atom stereocenters. The minimum absolute atomic E-state index is 0.0259. The molecule has 0 radical (unpaired) electrons. The first-order valence-electron chi connectivity index (χ1n) is 8.36. The molecule has 0 bridgehead atoms. The normalized spacial score (nSPS) is 16.5. The lowest BCUT2D eigenvalue weighted by atomic mass is 10.0. The van der Waals surface area contributed by atoms with Gasteiger partial charge >= 0.3 is 0 Å². The van der Waals surface area contributed by atoms with Gasteiger partial charge in [0.15, 0.2) is 0 Å². The van der Waals surface area contributed by atoms with Gasteiger partial charge in [-0.3, -0.25) is 9.59 Å². The van der Waals surface area contributed by atoms with Gasteiger partial charge in [0.05, 0.1) is 0 Å². The van der Waals surface area contributed by atoms with Crippen LogP contribution < -0.4 is 10.6 Å². The zero-order valence-electron chi connectivity index (χ0n) is 14.0. The molecule has 0 spiro atoms. The summed E-state index contributed by atoms with van der Waals surface area (Å²) in [6.45, 7) is 8.09. The molecule has 1 fully saturated rings. The summed E-state index contributed by atoms with van der Waals surface area (Å²) in [7, 11) is 0. The number of hydrogen-bond acceptors (Lipinski definition) is 4. The maximum absolute atomic E-state index is 12.0. The standard InChI is InChI=1S/C17H27N3O2S/c1-13(2)11-20-8-4-15(5-9-20)19-16(21)3-7-18-17(22)14-6-10-23-12-14/h6,10,12-13,15H,3-5,7-9,11H2,1-2H3,(H,18,22)(H,19,21). The molecule has 6 heteroatoms. The summed E-state index contributed by atoms with van der Waals surface area (Å²) in [5, 5.41) is 9.54. The summed E-state index contributed by atoms with van der Waals surface area (Å²) in [4.78, 5) is 26.2. The average Bonchev–Trinajstić information content (AvgIpc) is 3.03. The maximum Gasteiger partial charge on any atom is 0.252 e. The van der Waals surface area contributed by atoms with E-state index in [1.165, 1.54) is 11.3 Å². The zero-order chi connectivity index (χ0) is 16.7. The number of nitrogens with one attached hydrogen (secondary N) is 2. The molecule has 0 atom stereocenters. The monoisotopic (exact) mass is 337 g/mol. The predicted octanol–water partition coefficient (Wildman–Crippen LogP) is 2.10. The minimum Gasteiger partial charge on any atom is -0.353 e. The SMILES string of the molecule is CC(C)CN1CCC(NC(=O)CCNC(=O)c2ccsc2)CC1. The Kier molecular flexibility index (Phi) is 7.05. The molecule has 1 aromatic heterocycles. The lowest BCUT2D eigenvalue weighted by Crippen LogP contribution is -2.46. The number of rotatable bonds is 7. The summed E-state index contributed by atoms with van der Waals surface area (Å²) in [6.07, 6.45) is 2.36. The van der Waals surface area contributed by atoms with Gasteiger partial charge in [-0.05, 0) is 30.2 Å². The van der Waals surface area contributed by atoms with Crippen molar-refractivity contribution in [3.8, 4) is 0 Å². The topological polar surface area (TPSA) is 61.4 Å². The lowest BCUT2D eigenvalue weighted by molar-refractivity contribution is -0.122. The third kappa shape index (κ3) is 6.31. The Balaban J connectivity index is 1.59. The van der Waals surface area contributed by atoms with Crippen LogP contribution in [-0.2, 0) is 4.79 Å². The van der Waals surface area contributed by atoms with E-state index in [2.05, 4.69) is 29.4 Å². The summed E-state index contributed by atoms with van der Waals surface area (Å²) in [5.41, 5.74) is 0.660. The van der Waals surface area contributed by atoms with E-state index in [-0.39, 0.29) is 17.9 Å². The predicted molar refractivity (Wildman–Crippen MR) is 93.7 cm³/mol. The average molecular weight is 337 g/mol. The molecule has 0 aliphatic carbocycles. The van der Waals surface area contributed by atoms with Gasteiger partial charge in [0, 0.05) is 49.6 Å². The van der Waals surface area contributed by atoms with Crippen LogP contribution in [0.2, 0.25) is 0 Å². The van der Waals surface area contributed by atoms with Crippen LogP contribution in [0.5, 0.6) is 0 Å². The highest BCUT2D eigenvalue weighted by atomic mass is 32.1. The van der Waals surface area contributed by atoms with Crippen molar-refractivity contribution >= 4 is 23.2 Å².